The molecule has 1 fully saturated rings. The Labute approximate surface area is 116 Å². The van der Waals surface area contributed by atoms with Crippen LogP contribution in [0.15, 0.2) is 48.8 Å². The van der Waals surface area contributed by atoms with E-state index >= 15 is 0 Å². The van der Waals surface area contributed by atoms with E-state index in [0.29, 0.717) is 11.1 Å². The van der Waals surface area contributed by atoms with Crippen LogP contribution in [0, 0.1) is 5.92 Å². The van der Waals surface area contributed by atoms with E-state index in [2.05, 4.69) is 10.3 Å². The Morgan fingerprint density at radius 1 is 0.950 bits per heavy atom. The molecule has 0 saturated heterocycles. The summed E-state index contributed by atoms with van der Waals surface area (Å²) in [7, 11) is 0. The molecule has 0 radical (unpaired) electrons. The Balaban J connectivity index is 1.72. The van der Waals surface area contributed by atoms with Crippen LogP contribution in [0.2, 0.25) is 0 Å². The first-order valence-corrected chi connectivity index (χ1v) is 6.60. The van der Waals surface area contributed by atoms with Crippen LogP contribution in [-0.2, 0) is 4.79 Å². The van der Waals surface area contributed by atoms with Crippen LogP contribution in [-0.4, -0.2) is 16.7 Å². The number of rotatable bonds is 4. The average molecular weight is 266 g/mol. The van der Waals surface area contributed by atoms with Crippen molar-refractivity contribution >= 4 is 17.4 Å². The molecule has 1 aliphatic rings. The average Bonchev–Trinajstić information content (AvgIpc) is 3.33. The van der Waals surface area contributed by atoms with Crippen LogP contribution in [0.1, 0.15) is 28.8 Å². The summed E-state index contributed by atoms with van der Waals surface area (Å²) in [6.45, 7) is 0. The zero-order valence-electron chi connectivity index (χ0n) is 10.9. The van der Waals surface area contributed by atoms with Gasteiger partial charge in [-0.15, -0.1) is 0 Å². The van der Waals surface area contributed by atoms with Gasteiger partial charge in [0, 0.05) is 35.1 Å². The maximum absolute atomic E-state index is 12.2. The Kier molecular flexibility index (Phi) is 3.29. The predicted molar refractivity (Wildman–Crippen MR) is 75.5 cm³/mol. The van der Waals surface area contributed by atoms with Gasteiger partial charge in [0.25, 0.3) is 0 Å². The smallest absolute Gasteiger partial charge is 0.227 e. The van der Waals surface area contributed by atoms with Crippen molar-refractivity contribution in [3.63, 3.8) is 0 Å². The van der Waals surface area contributed by atoms with E-state index < -0.39 is 0 Å². The highest BCUT2D eigenvalue weighted by Gasteiger charge is 2.29. The number of pyridine rings is 1. The van der Waals surface area contributed by atoms with Gasteiger partial charge in [-0.05, 0) is 49.2 Å². The maximum Gasteiger partial charge on any atom is 0.227 e. The van der Waals surface area contributed by atoms with Gasteiger partial charge in [0.2, 0.25) is 5.91 Å². The molecule has 100 valence electrons. The fourth-order valence-electron chi connectivity index (χ4n) is 1.96. The van der Waals surface area contributed by atoms with E-state index in [4.69, 9.17) is 0 Å². The molecule has 3 rings (SSSR count). The first kappa shape index (κ1) is 12.5. The molecule has 1 heterocycles. The number of carbonyl (C=O) groups is 2. The van der Waals surface area contributed by atoms with Crippen LogP contribution in [0.4, 0.5) is 5.69 Å². The molecular formula is C16H14N2O2. The van der Waals surface area contributed by atoms with Crippen LogP contribution >= 0.6 is 0 Å². The molecule has 1 aromatic heterocycles. The molecular weight excluding hydrogens is 252 g/mol. The molecule has 0 aliphatic heterocycles. The van der Waals surface area contributed by atoms with Crippen molar-refractivity contribution in [1.29, 1.82) is 0 Å². The molecule has 2 aromatic rings. The Bertz CT molecular complexity index is 631. The number of benzene rings is 1. The Morgan fingerprint density at radius 2 is 1.55 bits per heavy atom. The maximum atomic E-state index is 12.2. The summed E-state index contributed by atoms with van der Waals surface area (Å²) in [6, 6.07) is 10.3. The molecule has 0 unspecified atom stereocenters. The summed E-state index contributed by atoms with van der Waals surface area (Å²) in [5.41, 5.74) is 1.93. The minimum atomic E-state index is -0.0486. The van der Waals surface area contributed by atoms with E-state index in [1.54, 1.807) is 48.8 Å². The van der Waals surface area contributed by atoms with Crippen molar-refractivity contribution < 1.29 is 9.59 Å². The lowest BCUT2D eigenvalue weighted by Crippen LogP contribution is -2.13. The number of nitrogens with zero attached hydrogens (tertiary/aromatic N) is 1. The van der Waals surface area contributed by atoms with Gasteiger partial charge in [0.15, 0.2) is 5.78 Å². The van der Waals surface area contributed by atoms with Gasteiger partial charge in [0.1, 0.15) is 0 Å². The van der Waals surface area contributed by atoms with Gasteiger partial charge >= 0.3 is 0 Å². The third kappa shape index (κ3) is 2.74. The van der Waals surface area contributed by atoms with Crippen molar-refractivity contribution in [2.45, 2.75) is 12.8 Å². The third-order valence-corrected chi connectivity index (χ3v) is 3.31. The first-order chi connectivity index (χ1) is 9.74. The van der Waals surface area contributed by atoms with E-state index in [0.717, 1.165) is 18.5 Å². The molecule has 1 saturated carbocycles. The molecule has 0 atom stereocenters. The molecule has 1 aliphatic carbocycles. The topological polar surface area (TPSA) is 59.1 Å². The normalized spacial score (nSPS) is 13.8. The first-order valence-electron chi connectivity index (χ1n) is 6.60. The lowest BCUT2D eigenvalue weighted by molar-refractivity contribution is -0.117. The third-order valence-electron chi connectivity index (χ3n) is 3.31. The summed E-state index contributed by atoms with van der Waals surface area (Å²) in [5, 5.41) is 2.85. The summed E-state index contributed by atoms with van der Waals surface area (Å²) >= 11 is 0. The number of carbonyl (C=O) groups excluding carboxylic acids is 2. The Hall–Kier alpha value is -2.49. The van der Waals surface area contributed by atoms with Crippen LogP contribution < -0.4 is 5.32 Å². The van der Waals surface area contributed by atoms with Crippen molar-refractivity contribution in [3.05, 3.63) is 59.9 Å². The van der Waals surface area contributed by atoms with Crippen molar-refractivity contribution in [2.75, 3.05) is 5.32 Å². The number of anilines is 1. The largest absolute Gasteiger partial charge is 0.326 e. The fourth-order valence-corrected chi connectivity index (χ4v) is 1.96. The number of nitrogens with one attached hydrogen (secondary N) is 1. The standard InChI is InChI=1S/C16H14N2O2/c19-15(12-7-9-17-10-8-12)11-3-5-14(6-4-11)18-16(20)13-1-2-13/h3-10,13H,1-2H2,(H,18,20). The predicted octanol–water partition coefficient (Wildman–Crippen LogP) is 2.66. The van der Waals surface area contributed by atoms with E-state index in [-0.39, 0.29) is 17.6 Å². The summed E-state index contributed by atoms with van der Waals surface area (Å²) in [4.78, 5) is 27.7. The molecule has 1 aromatic carbocycles. The highest BCUT2D eigenvalue weighted by atomic mass is 16.2. The molecule has 0 bridgehead atoms. The summed E-state index contributed by atoms with van der Waals surface area (Å²) in [5.74, 6) is 0.193. The quantitative estimate of drug-likeness (QED) is 0.865. The molecule has 4 nitrogen and oxygen atoms in total. The van der Waals surface area contributed by atoms with Crippen LogP contribution in [0.3, 0.4) is 0 Å². The van der Waals surface area contributed by atoms with E-state index in [1.165, 1.54) is 0 Å². The monoisotopic (exact) mass is 266 g/mol. The minimum absolute atomic E-state index is 0.0486. The molecule has 0 spiro atoms. The van der Waals surface area contributed by atoms with Gasteiger partial charge in [-0.3, -0.25) is 14.6 Å². The van der Waals surface area contributed by atoms with Gasteiger partial charge in [-0.2, -0.15) is 0 Å². The minimum Gasteiger partial charge on any atom is -0.326 e. The molecule has 1 amide bonds. The second kappa shape index (κ2) is 5.25. The Morgan fingerprint density at radius 3 is 2.15 bits per heavy atom. The zero-order chi connectivity index (χ0) is 13.9. The lowest BCUT2D eigenvalue weighted by Gasteiger charge is -2.05. The fraction of sp³-hybridized carbons (Fsp3) is 0.188. The molecule has 20 heavy (non-hydrogen) atoms. The summed E-state index contributed by atoms with van der Waals surface area (Å²) < 4.78 is 0. The van der Waals surface area contributed by atoms with Crippen molar-refractivity contribution in [2.24, 2.45) is 5.92 Å². The molecule has 1 N–H and O–H groups in total. The summed E-state index contributed by atoms with van der Waals surface area (Å²) in [6.07, 6.45) is 5.14. The van der Waals surface area contributed by atoms with Crippen molar-refractivity contribution in [1.82, 2.24) is 4.98 Å². The number of aromatic nitrogens is 1. The highest BCUT2D eigenvalue weighted by Crippen LogP contribution is 2.30. The second-order valence-corrected chi connectivity index (χ2v) is 4.91. The zero-order valence-corrected chi connectivity index (χ0v) is 10.9. The number of ketones is 1. The van der Waals surface area contributed by atoms with Crippen LogP contribution in [0.5, 0.6) is 0 Å². The van der Waals surface area contributed by atoms with E-state index in [9.17, 15) is 9.59 Å². The lowest BCUT2D eigenvalue weighted by atomic mass is 10.0. The van der Waals surface area contributed by atoms with Gasteiger partial charge in [0.05, 0.1) is 0 Å². The molecule has 4 heteroatoms. The van der Waals surface area contributed by atoms with Crippen LogP contribution in [0.25, 0.3) is 0 Å². The van der Waals surface area contributed by atoms with Gasteiger partial charge < -0.3 is 5.32 Å². The van der Waals surface area contributed by atoms with Crippen molar-refractivity contribution in [3.8, 4) is 0 Å². The number of hydrogen-bond acceptors (Lipinski definition) is 3. The SMILES string of the molecule is O=C(c1ccncc1)c1ccc(NC(=O)C2CC2)cc1. The number of amides is 1. The van der Waals surface area contributed by atoms with Gasteiger partial charge in [-0.25, -0.2) is 0 Å². The van der Waals surface area contributed by atoms with Gasteiger partial charge in [-0.1, -0.05) is 0 Å². The number of hydrogen-bond donors (Lipinski definition) is 1. The second-order valence-electron chi connectivity index (χ2n) is 4.91. The van der Waals surface area contributed by atoms with E-state index in [1.807, 2.05) is 0 Å². The highest BCUT2D eigenvalue weighted by molar-refractivity contribution is 6.09.